The molecule has 2 atom stereocenters. The lowest BCUT2D eigenvalue weighted by Crippen LogP contribution is -2.32. The summed E-state index contributed by atoms with van der Waals surface area (Å²) in [6, 6.07) is 9.65. The van der Waals surface area contributed by atoms with Crippen LogP contribution in [0.5, 0.6) is 0 Å². The molecule has 164 valence electrons. The molecule has 2 heterocycles. The third-order valence-corrected chi connectivity index (χ3v) is 6.58. The van der Waals surface area contributed by atoms with E-state index in [-0.39, 0.29) is 42.6 Å². The first-order valence-electron chi connectivity index (χ1n) is 9.65. The maximum absolute atomic E-state index is 14.6. The quantitative estimate of drug-likeness (QED) is 0.515. The van der Waals surface area contributed by atoms with Crippen LogP contribution in [0.2, 0.25) is 0 Å². The highest BCUT2D eigenvalue weighted by Gasteiger charge is 2.45. The molecule has 0 aliphatic carbocycles. The van der Waals surface area contributed by atoms with Crippen molar-refractivity contribution in [1.82, 2.24) is 14.8 Å². The molecule has 3 aromatic rings. The van der Waals surface area contributed by atoms with Gasteiger partial charge in [0.25, 0.3) is 10.1 Å². The van der Waals surface area contributed by atoms with Gasteiger partial charge in [-0.15, -0.1) is 0 Å². The third kappa shape index (κ3) is 4.65. The lowest BCUT2D eigenvalue weighted by Gasteiger charge is -2.29. The van der Waals surface area contributed by atoms with Crippen LogP contribution in [0, 0.1) is 24.5 Å². The molecule has 0 bridgehead atoms. The molecule has 0 amide bonds. The number of halogens is 2. The van der Waals surface area contributed by atoms with Crippen molar-refractivity contribution < 1.29 is 26.1 Å². The second kappa shape index (κ2) is 8.45. The van der Waals surface area contributed by atoms with Crippen LogP contribution in [0.4, 0.5) is 8.78 Å². The molecule has 0 unspecified atom stereocenters. The van der Waals surface area contributed by atoms with E-state index in [9.17, 15) is 17.2 Å². The first kappa shape index (κ1) is 21.5. The van der Waals surface area contributed by atoms with Gasteiger partial charge < -0.3 is 4.74 Å². The predicted molar refractivity (Wildman–Crippen MR) is 106 cm³/mol. The molecule has 31 heavy (non-hydrogen) atoms. The Bertz CT molecular complexity index is 1150. The van der Waals surface area contributed by atoms with Gasteiger partial charge >= 0.3 is 0 Å². The van der Waals surface area contributed by atoms with Crippen molar-refractivity contribution in [1.29, 1.82) is 0 Å². The van der Waals surface area contributed by atoms with Crippen molar-refractivity contribution in [3.63, 3.8) is 0 Å². The Balaban J connectivity index is 1.53. The predicted octanol–water partition coefficient (Wildman–Crippen LogP) is 3.20. The molecular formula is C21H21F2N3O4S. The number of ether oxygens (including phenoxy) is 1. The molecule has 1 aromatic heterocycles. The van der Waals surface area contributed by atoms with Crippen LogP contribution in [0.3, 0.4) is 0 Å². The van der Waals surface area contributed by atoms with Crippen LogP contribution in [-0.2, 0) is 31.2 Å². The van der Waals surface area contributed by atoms with Gasteiger partial charge in [-0.1, -0.05) is 23.8 Å². The van der Waals surface area contributed by atoms with Crippen molar-refractivity contribution >= 4 is 10.1 Å². The summed E-state index contributed by atoms with van der Waals surface area (Å²) in [4.78, 5) is 3.96. The van der Waals surface area contributed by atoms with Gasteiger partial charge in [-0.05, 0) is 31.5 Å². The van der Waals surface area contributed by atoms with E-state index < -0.39 is 27.4 Å². The number of nitrogens with zero attached hydrogens (tertiary/aromatic N) is 3. The average molecular weight is 449 g/mol. The smallest absolute Gasteiger partial charge is 0.296 e. The van der Waals surface area contributed by atoms with Crippen molar-refractivity contribution in [2.75, 3.05) is 13.2 Å². The number of benzene rings is 2. The number of hydrogen-bond donors (Lipinski definition) is 0. The molecule has 1 saturated heterocycles. The summed E-state index contributed by atoms with van der Waals surface area (Å²) in [6.07, 6.45) is 3.08. The highest BCUT2D eigenvalue weighted by atomic mass is 32.2. The molecule has 7 nitrogen and oxygen atoms in total. The van der Waals surface area contributed by atoms with E-state index in [1.165, 1.54) is 35.5 Å². The first-order chi connectivity index (χ1) is 14.8. The summed E-state index contributed by atoms with van der Waals surface area (Å²) in [5.41, 5.74) is -0.0525. The normalized spacial score (nSPS) is 21.5. The zero-order valence-electron chi connectivity index (χ0n) is 16.7. The number of aryl methyl sites for hydroxylation is 1. The average Bonchev–Trinajstić information content (AvgIpc) is 3.38. The minimum absolute atomic E-state index is 0.0653. The van der Waals surface area contributed by atoms with Crippen LogP contribution < -0.4 is 0 Å². The van der Waals surface area contributed by atoms with Crippen molar-refractivity contribution in [3.8, 4) is 0 Å². The minimum Gasteiger partial charge on any atom is -0.368 e. The maximum Gasteiger partial charge on any atom is 0.296 e. The van der Waals surface area contributed by atoms with Crippen LogP contribution in [0.15, 0.2) is 60.0 Å². The van der Waals surface area contributed by atoms with Crippen LogP contribution >= 0.6 is 0 Å². The van der Waals surface area contributed by atoms with Crippen molar-refractivity contribution in [2.24, 2.45) is 5.92 Å². The van der Waals surface area contributed by atoms with E-state index in [1.807, 2.05) is 6.92 Å². The Kier molecular flexibility index (Phi) is 5.87. The zero-order chi connectivity index (χ0) is 22.1. The molecule has 0 saturated carbocycles. The molecule has 0 N–H and O–H groups in total. The molecule has 0 radical (unpaired) electrons. The summed E-state index contributed by atoms with van der Waals surface area (Å²) in [5, 5.41) is 4.06. The van der Waals surface area contributed by atoms with Gasteiger partial charge in [-0.25, -0.2) is 18.4 Å². The minimum atomic E-state index is -3.94. The summed E-state index contributed by atoms with van der Waals surface area (Å²) >= 11 is 0. The zero-order valence-corrected chi connectivity index (χ0v) is 17.6. The fourth-order valence-corrected chi connectivity index (χ4v) is 4.72. The van der Waals surface area contributed by atoms with Crippen LogP contribution in [-0.4, -0.2) is 36.4 Å². The molecule has 0 spiro atoms. The Morgan fingerprint density at radius 3 is 2.68 bits per heavy atom. The van der Waals surface area contributed by atoms with Crippen LogP contribution in [0.1, 0.15) is 17.5 Å². The molecule has 2 aromatic carbocycles. The van der Waals surface area contributed by atoms with E-state index in [2.05, 4.69) is 10.1 Å². The van der Waals surface area contributed by atoms with Crippen LogP contribution in [0.25, 0.3) is 0 Å². The molecule has 1 fully saturated rings. The highest BCUT2D eigenvalue weighted by molar-refractivity contribution is 7.86. The second-order valence-corrected chi connectivity index (χ2v) is 9.26. The summed E-state index contributed by atoms with van der Waals surface area (Å²) in [7, 11) is -3.94. The summed E-state index contributed by atoms with van der Waals surface area (Å²) in [5.74, 6) is -1.76. The number of rotatable bonds is 7. The first-order valence-corrected chi connectivity index (χ1v) is 11.1. The van der Waals surface area contributed by atoms with Crippen molar-refractivity contribution in [3.05, 3.63) is 77.9 Å². The molecule has 10 heteroatoms. The number of aromatic nitrogens is 3. The lowest BCUT2D eigenvalue weighted by atomic mass is 9.87. The van der Waals surface area contributed by atoms with E-state index in [4.69, 9.17) is 8.92 Å². The Morgan fingerprint density at radius 2 is 2.00 bits per heavy atom. The standard InChI is InChI=1S/C21H21F2N3O4S/c1-15-2-5-18(6-3-15)31(27,28)30-11-16-9-21(29-10-16,12-26-14-24-13-25-26)19-7-4-17(22)8-20(19)23/h2-8,13-14,16H,9-12H2,1H3/t16-,21-/m1/s1. The summed E-state index contributed by atoms with van der Waals surface area (Å²) in [6.45, 7) is 2.01. The molecule has 1 aliphatic heterocycles. The maximum atomic E-state index is 14.6. The van der Waals surface area contributed by atoms with Gasteiger partial charge in [-0.2, -0.15) is 13.5 Å². The molecule has 4 rings (SSSR count). The van der Waals surface area contributed by atoms with E-state index in [1.54, 1.807) is 12.1 Å². The van der Waals surface area contributed by atoms with Crippen molar-refractivity contribution in [2.45, 2.75) is 30.4 Å². The van der Waals surface area contributed by atoms with Gasteiger partial charge in [0, 0.05) is 17.5 Å². The largest absolute Gasteiger partial charge is 0.368 e. The second-order valence-electron chi connectivity index (χ2n) is 7.64. The molecule has 1 aliphatic rings. The van der Waals surface area contributed by atoms with Gasteiger partial charge in [0.05, 0.1) is 24.7 Å². The topological polar surface area (TPSA) is 83.3 Å². The lowest BCUT2D eigenvalue weighted by molar-refractivity contribution is -0.0206. The Labute approximate surface area is 178 Å². The Hall–Kier alpha value is -2.69. The molecular weight excluding hydrogens is 428 g/mol. The van der Waals surface area contributed by atoms with Gasteiger partial charge in [0.1, 0.15) is 29.9 Å². The van der Waals surface area contributed by atoms with E-state index >= 15 is 0 Å². The monoisotopic (exact) mass is 449 g/mol. The fourth-order valence-electron chi connectivity index (χ4n) is 3.75. The van der Waals surface area contributed by atoms with Gasteiger partial charge in [0.15, 0.2) is 0 Å². The SMILES string of the molecule is Cc1ccc(S(=O)(=O)OC[C@H]2CO[C@](Cn3cncn3)(c3ccc(F)cc3F)C2)cc1. The van der Waals surface area contributed by atoms with Gasteiger partial charge in [0.2, 0.25) is 0 Å². The third-order valence-electron chi connectivity index (χ3n) is 5.29. The Morgan fingerprint density at radius 1 is 1.23 bits per heavy atom. The number of hydrogen-bond acceptors (Lipinski definition) is 6. The highest BCUT2D eigenvalue weighted by Crippen LogP contribution is 2.42. The van der Waals surface area contributed by atoms with Gasteiger partial charge in [-0.3, -0.25) is 4.18 Å². The van der Waals surface area contributed by atoms with E-state index in [0.717, 1.165) is 17.7 Å². The fraction of sp³-hybridized carbons (Fsp3) is 0.333. The summed E-state index contributed by atoms with van der Waals surface area (Å²) < 4.78 is 65.8. The van der Waals surface area contributed by atoms with E-state index in [0.29, 0.717) is 0 Å².